The average molecular weight is 382 g/mol. The summed E-state index contributed by atoms with van der Waals surface area (Å²) in [5.41, 5.74) is 2.17. The lowest BCUT2D eigenvalue weighted by Crippen LogP contribution is -2.49. The van der Waals surface area contributed by atoms with Crippen LogP contribution in [0.5, 0.6) is 0 Å². The van der Waals surface area contributed by atoms with Gasteiger partial charge in [0.25, 0.3) is 0 Å². The van der Waals surface area contributed by atoms with Gasteiger partial charge < -0.3 is 20.4 Å². The van der Waals surface area contributed by atoms with Crippen LogP contribution in [0.2, 0.25) is 0 Å². The van der Waals surface area contributed by atoms with Gasteiger partial charge in [0.05, 0.1) is 5.60 Å². The van der Waals surface area contributed by atoms with Gasteiger partial charge in [-0.1, -0.05) is 54.6 Å². The van der Waals surface area contributed by atoms with Crippen LogP contribution in [0.3, 0.4) is 0 Å². The second-order valence-electron chi connectivity index (χ2n) is 7.19. The van der Waals surface area contributed by atoms with E-state index in [4.69, 9.17) is 5.11 Å². The van der Waals surface area contributed by atoms with Crippen molar-refractivity contribution < 1.29 is 19.8 Å². The van der Waals surface area contributed by atoms with Crippen LogP contribution in [0.15, 0.2) is 54.6 Å². The molecule has 148 valence electrons. The predicted molar refractivity (Wildman–Crippen MR) is 107 cm³/mol. The molecule has 0 aliphatic carbocycles. The maximum atomic E-state index is 12.2. The smallest absolute Gasteiger partial charge is 0.317 e. The van der Waals surface area contributed by atoms with Crippen molar-refractivity contribution in [3.8, 4) is 11.1 Å². The normalized spacial score (nSPS) is 15.8. The molecule has 1 fully saturated rings. The fourth-order valence-electron chi connectivity index (χ4n) is 3.52. The van der Waals surface area contributed by atoms with E-state index in [0.29, 0.717) is 38.9 Å². The molecule has 0 radical (unpaired) electrons. The zero-order valence-electron chi connectivity index (χ0n) is 15.8. The van der Waals surface area contributed by atoms with Gasteiger partial charge in [-0.3, -0.25) is 4.79 Å². The third-order valence-electron chi connectivity index (χ3n) is 5.25. The Morgan fingerprint density at radius 3 is 2.18 bits per heavy atom. The number of carboxylic acid groups (broad SMARTS) is 1. The van der Waals surface area contributed by atoms with Crippen molar-refractivity contribution in [3.63, 3.8) is 0 Å². The van der Waals surface area contributed by atoms with Gasteiger partial charge in [-0.25, -0.2) is 4.79 Å². The summed E-state index contributed by atoms with van der Waals surface area (Å²) < 4.78 is 0. The number of aliphatic hydroxyl groups is 1. The molecule has 6 heteroatoms. The molecule has 0 spiro atoms. The van der Waals surface area contributed by atoms with Crippen molar-refractivity contribution in [1.29, 1.82) is 0 Å². The Hall–Kier alpha value is -2.86. The number of rotatable bonds is 6. The minimum atomic E-state index is -0.935. The molecular formula is C22H26N2O4. The maximum Gasteiger partial charge on any atom is 0.317 e. The molecule has 0 bridgehead atoms. The van der Waals surface area contributed by atoms with E-state index in [-0.39, 0.29) is 12.5 Å². The van der Waals surface area contributed by atoms with Gasteiger partial charge in [-0.15, -0.1) is 0 Å². The molecule has 2 aromatic rings. The molecule has 1 aliphatic heterocycles. The van der Waals surface area contributed by atoms with Gasteiger partial charge in [0.2, 0.25) is 0 Å². The number of amides is 2. The van der Waals surface area contributed by atoms with E-state index in [1.54, 1.807) is 4.90 Å². The third-order valence-corrected chi connectivity index (χ3v) is 5.25. The molecule has 1 aliphatic rings. The molecule has 0 atom stereocenters. The fraction of sp³-hybridized carbons (Fsp3) is 0.364. The molecule has 3 N–H and O–H groups in total. The third kappa shape index (κ3) is 4.89. The van der Waals surface area contributed by atoms with Gasteiger partial charge >= 0.3 is 12.0 Å². The first-order valence-corrected chi connectivity index (χ1v) is 9.61. The lowest BCUT2D eigenvalue weighted by molar-refractivity contribution is -0.137. The van der Waals surface area contributed by atoms with Crippen molar-refractivity contribution in [3.05, 3.63) is 60.2 Å². The summed E-state index contributed by atoms with van der Waals surface area (Å²) in [6.45, 7) is 1.26. The van der Waals surface area contributed by atoms with Crippen LogP contribution in [0.25, 0.3) is 11.1 Å². The molecular weight excluding hydrogens is 356 g/mol. The summed E-state index contributed by atoms with van der Waals surface area (Å²) in [7, 11) is 0. The number of benzene rings is 2. The van der Waals surface area contributed by atoms with E-state index >= 15 is 0 Å². The number of urea groups is 1. The molecule has 3 rings (SSSR count). The van der Waals surface area contributed by atoms with Crippen LogP contribution >= 0.6 is 0 Å². The Morgan fingerprint density at radius 2 is 1.57 bits per heavy atom. The Morgan fingerprint density at radius 1 is 0.964 bits per heavy atom. The van der Waals surface area contributed by atoms with Gasteiger partial charge in [-0.2, -0.15) is 0 Å². The van der Waals surface area contributed by atoms with Crippen molar-refractivity contribution >= 4 is 12.0 Å². The number of aliphatic carboxylic acids is 1. The Balaban J connectivity index is 1.54. The number of nitrogens with zero attached hydrogens (tertiary/aromatic N) is 1. The highest BCUT2D eigenvalue weighted by Gasteiger charge is 2.35. The lowest BCUT2D eigenvalue weighted by Gasteiger charge is -2.38. The number of likely N-dealkylation sites (tertiary alicyclic amines) is 1. The van der Waals surface area contributed by atoms with Gasteiger partial charge in [0, 0.05) is 26.1 Å². The highest BCUT2D eigenvalue weighted by Crippen LogP contribution is 2.34. The zero-order valence-corrected chi connectivity index (χ0v) is 15.8. The highest BCUT2D eigenvalue weighted by molar-refractivity contribution is 5.74. The van der Waals surface area contributed by atoms with Crippen LogP contribution in [0, 0.1) is 0 Å². The lowest BCUT2D eigenvalue weighted by atomic mass is 9.84. The van der Waals surface area contributed by atoms with Crippen molar-refractivity contribution in [2.75, 3.05) is 19.6 Å². The summed E-state index contributed by atoms with van der Waals surface area (Å²) in [6, 6.07) is 17.8. The molecule has 0 unspecified atom stereocenters. The monoisotopic (exact) mass is 382 g/mol. The average Bonchev–Trinajstić information content (AvgIpc) is 2.72. The van der Waals surface area contributed by atoms with E-state index in [1.807, 2.05) is 42.5 Å². The number of carboxylic acids is 1. The van der Waals surface area contributed by atoms with Gasteiger partial charge in [-0.05, 0) is 36.0 Å². The van der Waals surface area contributed by atoms with Crippen LogP contribution in [-0.2, 0) is 10.4 Å². The van der Waals surface area contributed by atoms with Gasteiger partial charge in [0.1, 0.15) is 0 Å². The van der Waals surface area contributed by atoms with Crippen LogP contribution < -0.4 is 5.32 Å². The Kier molecular flexibility index (Phi) is 6.31. The first kappa shape index (κ1) is 19.9. The minimum absolute atomic E-state index is 0.0407. The molecule has 0 saturated carbocycles. The van der Waals surface area contributed by atoms with Crippen molar-refractivity contribution in [2.24, 2.45) is 0 Å². The second kappa shape index (κ2) is 8.89. The second-order valence-corrected chi connectivity index (χ2v) is 7.19. The maximum absolute atomic E-state index is 12.2. The Bertz CT molecular complexity index is 797. The van der Waals surface area contributed by atoms with Crippen LogP contribution in [0.1, 0.15) is 31.2 Å². The molecule has 6 nitrogen and oxygen atoms in total. The van der Waals surface area contributed by atoms with Crippen LogP contribution in [0.4, 0.5) is 4.79 Å². The molecule has 1 heterocycles. The standard InChI is InChI=1S/C22H26N2O4/c25-20(26)7-4-14-23-21(27)24-15-12-22(28,13-16-24)19-10-8-18(9-11-19)17-5-2-1-3-6-17/h1-3,5-6,8-11,28H,4,7,12-16H2,(H,23,27)(H,25,26). The highest BCUT2D eigenvalue weighted by atomic mass is 16.4. The quantitative estimate of drug-likeness (QED) is 0.669. The van der Waals surface area contributed by atoms with E-state index < -0.39 is 11.6 Å². The molecule has 2 aromatic carbocycles. The number of hydrogen-bond donors (Lipinski definition) is 3. The number of hydrogen-bond acceptors (Lipinski definition) is 3. The summed E-state index contributed by atoms with van der Waals surface area (Å²) >= 11 is 0. The molecule has 28 heavy (non-hydrogen) atoms. The first-order chi connectivity index (χ1) is 13.5. The zero-order chi connectivity index (χ0) is 20.0. The van der Waals surface area contributed by atoms with E-state index in [2.05, 4.69) is 17.4 Å². The number of piperidine rings is 1. The van der Waals surface area contributed by atoms with E-state index in [1.165, 1.54) is 0 Å². The topological polar surface area (TPSA) is 89.9 Å². The summed E-state index contributed by atoms with van der Waals surface area (Å²) in [5, 5.41) is 22.4. The first-order valence-electron chi connectivity index (χ1n) is 9.61. The Labute approximate surface area is 164 Å². The summed E-state index contributed by atoms with van der Waals surface area (Å²) in [4.78, 5) is 24.4. The summed E-state index contributed by atoms with van der Waals surface area (Å²) in [5.74, 6) is -0.865. The van der Waals surface area contributed by atoms with Crippen molar-refractivity contribution in [2.45, 2.75) is 31.3 Å². The molecule has 0 aromatic heterocycles. The van der Waals surface area contributed by atoms with Crippen molar-refractivity contribution in [1.82, 2.24) is 10.2 Å². The van der Waals surface area contributed by atoms with E-state index in [9.17, 15) is 14.7 Å². The number of nitrogens with one attached hydrogen (secondary N) is 1. The SMILES string of the molecule is O=C(O)CCCNC(=O)N1CCC(O)(c2ccc(-c3ccccc3)cc2)CC1. The minimum Gasteiger partial charge on any atom is -0.481 e. The van der Waals surface area contributed by atoms with Crippen LogP contribution in [-0.4, -0.2) is 46.7 Å². The largest absolute Gasteiger partial charge is 0.481 e. The summed E-state index contributed by atoms with van der Waals surface area (Å²) in [6.07, 6.45) is 1.39. The van der Waals surface area contributed by atoms with Gasteiger partial charge in [0.15, 0.2) is 0 Å². The fourth-order valence-corrected chi connectivity index (χ4v) is 3.52. The number of carbonyl (C=O) groups is 2. The van der Waals surface area contributed by atoms with E-state index in [0.717, 1.165) is 16.7 Å². The molecule has 2 amide bonds. The number of carbonyl (C=O) groups excluding carboxylic acids is 1. The molecule has 1 saturated heterocycles. The predicted octanol–water partition coefficient (Wildman–Crippen LogP) is 3.21.